The average molecular weight is 458 g/mol. The number of methoxy groups -OCH3 is 4. The van der Waals surface area contributed by atoms with Crippen LogP contribution in [-0.4, -0.2) is 83.4 Å². The minimum atomic E-state index is -0.00176. The molecular weight excluding hydrogens is 422 g/mol. The van der Waals surface area contributed by atoms with Crippen molar-refractivity contribution in [1.82, 2.24) is 9.80 Å². The van der Waals surface area contributed by atoms with Crippen molar-refractivity contribution >= 4 is 11.6 Å². The minimum Gasteiger partial charge on any atom is -0.493 e. The largest absolute Gasteiger partial charge is 0.493 e. The lowest BCUT2D eigenvalue weighted by atomic mass is 10.1. The summed E-state index contributed by atoms with van der Waals surface area (Å²) in [6.07, 6.45) is 1.42. The number of hydrogen-bond donors (Lipinski definition) is 1. The standard InChI is InChI=1S/C25H35N3O5/c1-30-21-7-5-19(17-23(21)32-3)9-11-27-13-15-28(16-14-27)12-10-25(29)26-20-6-8-22(31-2)24(18-20)33-4/h5-8,17-18H,9-16H2,1-4H3,(H,26,29). The number of benzene rings is 2. The van der Waals surface area contributed by atoms with Crippen LogP contribution in [0.3, 0.4) is 0 Å². The molecule has 0 saturated carbocycles. The van der Waals surface area contributed by atoms with Crippen LogP contribution in [0.1, 0.15) is 12.0 Å². The van der Waals surface area contributed by atoms with Crippen LogP contribution in [0.15, 0.2) is 36.4 Å². The summed E-state index contributed by atoms with van der Waals surface area (Å²) in [6.45, 7) is 5.70. The fraction of sp³-hybridized carbons (Fsp3) is 0.480. The Bertz CT molecular complexity index is 913. The Morgan fingerprint density at radius 3 is 1.91 bits per heavy atom. The van der Waals surface area contributed by atoms with E-state index in [1.165, 1.54) is 5.56 Å². The molecule has 2 aromatic rings. The fourth-order valence-corrected chi connectivity index (χ4v) is 3.96. The van der Waals surface area contributed by atoms with E-state index in [0.29, 0.717) is 23.6 Å². The number of nitrogens with zero attached hydrogens (tertiary/aromatic N) is 2. The van der Waals surface area contributed by atoms with Crippen molar-refractivity contribution in [1.29, 1.82) is 0 Å². The summed E-state index contributed by atoms with van der Waals surface area (Å²) >= 11 is 0. The van der Waals surface area contributed by atoms with E-state index >= 15 is 0 Å². The molecule has 0 unspecified atom stereocenters. The van der Waals surface area contributed by atoms with Crippen LogP contribution in [0.4, 0.5) is 5.69 Å². The highest BCUT2D eigenvalue weighted by Crippen LogP contribution is 2.30. The normalized spacial score (nSPS) is 14.5. The first kappa shape index (κ1) is 24.7. The SMILES string of the molecule is COc1ccc(CCN2CCN(CCC(=O)Nc3ccc(OC)c(OC)c3)CC2)cc1OC. The summed E-state index contributed by atoms with van der Waals surface area (Å²) in [5.74, 6) is 2.76. The molecule has 1 N–H and O–H groups in total. The van der Waals surface area contributed by atoms with E-state index < -0.39 is 0 Å². The van der Waals surface area contributed by atoms with Crippen LogP contribution in [0.25, 0.3) is 0 Å². The first-order valence-corrected chi connectivity index (χ1v) is 11.2. The predicted octanol–water partition coefficient (Wildman–Crippen LogP) is 2.91. The van der Waals surface area contributed by atoms with Crippen molar-refractivity contribution in [3.05, 3.63) is 42.0 Å². The Morgan fingerprint density at radius 2 is 1.30 bits per heavy atom. The van der Waals surface area contributed by atoms with E-state index in [0.717, 1.165) is 57.2 Å². The van der Waals surface area contributed by atoms with Crippen molar-refractivity contribution in [3.8, 4) is 23.0 Å². The highest BCUT2D eigenvalue weighted by Gasteiger charge is 2.18. The van der Waals surface area contributed by atoms with Crippen molar-refractivity contribution in [2.45, 2.75) is 12.8 Å². The van der Waals surface area contributed by atoms with Crippen LogP contribution in [0.5, 0.6) is 23.0 Å². The van der Waals surface area contributed by atoms with Gasteiger partial charge < -0.3 is 34.1 Å². The number of carbonyl (C=O) groups excluding carboxylic acids is 1. The van der Waals surface area contributed by atoms with Crippen molar-refractivity contribution in [2.75, 3.05) is 73.0 Å². The zero-order valence-electron chi connectivity index (χ0n) is 20.1. The molecule has 33 heavy (non-hydrogen) atoms. The van der Waals surface area contributed by atoms with Crippen LogP contribution in [0, 0.1) is 0 Å². The first-order chi connectivity index (χ1) is 16.1. The Kier molecular flexibility index (Phi) is 9.21. The molecule has 3 rings (SSSR count). The quantitative estimate of drug-likeness (QED) is 0.556. The highest BCUT2D eigenvalue weighted by atomic mass is 16.5. The third-order valence-electron chi connectivity index (χ3n) is 5.95. The Balaban J connectivity index is 1.38. The molecule has 0 bridgehead atoms. The molecule has 8 heteroatoms. The van der Waals surface area contributed by atoms with Gasteiger partial charge in [-0.05, 0) is 36.2 Å². The minimum absolute atomic E-state index is 0.00176. The maximum atomic E-state index is 12.4. The van der Waals surface area contributed by atoms with Gasteiger partial charge >= 0.3 is 0 Å². The van der Waals surface area contributed by atoms with E-state index in [9.17, 15) is 4.79 Å². The summed E-state index contributed by atoms with van der Waals surface area (Å²) in [7, 11) is 6.48. The summed E-state index contributed by atoms with van der Waals surface area (Å²) in [5, 5.41) is 2.94. The monoisotopic (exact) mass is 457 g/mol. The molecule has 1 fully saturated rings. The van der Waals surface area contributed by atoms with Gasteiger partial charge in [0.05, 0.1) is 28.4 Å². The second-order valence-electron chi connectivity index (χ2n) is 7.99. The molecule has 0 radical (unpaired) electrons. The predicted molar refractivity (Wildman–Crippen MR) is 129 cm³/mol. The van der Waals surface area contributed by atoms with Gasteiger partial charge in [-0.1, -0.05) is 6.07 Å². The maximum absolute atomic E-state index is 12.4. The second-order valence-corrected chi connectivity index (χ2v) is 7.99. The van der Waals surface area contributed by atoms with E-state index in [1.807, 2.05) is 18.2 Å². The third-order valence-corrected chi connectivity index (χ3v) is 5.95. The van der Waals surface area contributed by atoms with E-state index in [4.69, 9.17) is 18.9 Å². The molecule has 1 heterocycles. The number of ether oxygens (including phenoxy) is 4. The molecule has 0 aliphatic carbocycles. The van der Waals surface area contributed by atoms with Crippen LogP contribution in [-0.2, 0) is 11.2 Å². The lowest BCUT2D eigenvalue weighted by Crippen LogP contribution is -2.47. The van der Waals surface area contributed by atoms with E-state index in [2.05, 4.69) is 21.2 Å². The number of nitrogens with one attached hydrogen (secondary N) is 1. The topological polar surface area (TPSA) is 72.5 Å². The van der Waals surface area contributed by atoms with Gasteiger partial charge in [-0.15, -0.1) is 0 Å². The number of hydrogen-bond acceptors (Lipinski definition) is 7. The number of rotatable bonds is 11. The molecular formula is C25H35N3O5. The Labute approximate surface area is 196 Å². The number of carbonyl (C=O) groups is 1. The maximum Gasteiger partial charge on any atom is 0.225 e. The van der Waals surface area contributed by atoms with Crippen molar-refractivity contribution in [3.63, 3.8) is 0 Å². The zero-order chi connectivity index (χ0) is 23.6. The second kappa shape index (κ2) is 12.3. The third kappa shape index (κ3) is 7.00. The molecule has 2 aromatic carbocycles. The van der Waals surface area contributed by atoms with Crippen LogP contribution in [0.2, 0.25) is 0 Å². The van der Waals surface area contributed by atoms with Crippen LogP contribution >= 0.6 is 0 Å². The lowest BCUT2D eigenvalue weighted by Gasteiger charge is -2.34. The molecule has 0 aromatic heterocycles. The van der Waals surface area contributed by atoms with Gasteiger partial charge in [0.1, 0.15) is 0 Å². The van der Waals surface area contributed by atoms with Crippen LogP contribution < -0.4 is 24.3 Å². The fourth-order valence-electron chi connectivity index (χ4n) is 3.96. The van der Waals surface area contributed by atoms with Crippen molar-refractivity contribution < 1.29 is 23.7 Å². The summed E-state index contributed by atoms with van der Waals surface area (Å²) in [4.78, 5) is 17.2. The number of amides is 1. The molecule has 1 amide bonds. The molecule has 180 valence electrons. The van der Waals surface area contributed by atoms with Gasteiger partial charge in [0.15, 0.2) is 23.0 Å². The van der Waals surface area contributed by atoms with Gasteiger partial charge in [-0.25, -0.2) is 0 Å². The molecule has 0 spiro atoms. The Hall–Kier alpha value is -2.97. The molecule has 1 aliphatic rings. The van der Waals surface area contributed by atoms with Gasteiger partial charge in [-0.3, -0.25) is 4.79 Å². The van der Waals surface area contributed by atoms with Gasteiger partial charge in [0.25, 0.3) is 0 Å². The molecule has 8 nitrogen and oxygen atoms in total. The molecule has 0 atom stereocenters. The Morgan fingerprint density at radius 1 is 0.758 bits per heavy atom. The first-order valence-electron chi connectivity index (χ1n) is 11.2. The van der Waals surface area contributed by atoms with Gasteiger partial charge in [0, 0.05) is 57.4 Å². The molecule has 1 saturated heterocycles. The van der Waals surface area contributed by atoms with E-state index in [1.54, 1.807) is 40.6 Å². The number of piperazine rings is 1. The average Bonchev–Trinajstić information content (AvgIpc) is 2.86. The summed E-state index contributed by atoms with van der Waals surface area (Å²) in [6, 6.07) is 11.5. The zero-order valence-corrected chi connectivity index (χ0v) is 20.1. The van der Waals surface area contributed by atoms with Gasteiger partial charge in [-0.2, -0.15) is 0 Å². The molecule has 1 aliphatic heterocycles. The highest BCUT2D eigenvalue weighted by molar-refractivity contribution is 5.91. The number of anilines is 1. The van der Waals surface area contributed by atoms with E-state index in [-0.39, 0.29) is 5.91 Å². The van der Waals surface area contributed by atoms with Crippen molar-refractivity contribution in [2.24, 2.45) is 0 Å². The lowest BCUT2D eigenvalue weighted by molar-refractivity contribution is -0.116. The summed E-state index contributed by atoms with van der Waals surface area (Å²) in [5.41, 5.74) is 1.94. The van der Waals surface area contributed by atoms with Gasteiger partial charge in [0.2, 0.25) is 5.91 Å². The summed E-state index contributed by atoms with van der Waals surface area (Å²) < 4.78 is 21.2. The smallest absolute Gasteiger partial charge is 0.225 e.